The van der Waals surface area contributed by atoms with Crippen molar-refractivity contribution in [3.8, 4) is 0 Å². The van der Waals surface area contributed by atoms with Gasteiger partial charge in [0, 0.05) is 53.6 Å². The van der Waals surface area contributed by atoms with Crippen molar-refractivity contribution in [1.82, 2.24) is 0 Å². The number of hydrogen-bond donors (Lipinski definition) is 0. The van der Waals surface area contributed by atoms with Crippen LogP contribution in [0.3, 0.4) is 0 Å². The van der Waals surface area contributed by atoms with E-state index in [1.165, 1.54) is 0 Å². The zero-order valence-electron chi connectivity index (χ0n) is 2.65. The van der Waals surface area contributed by atoms with Crippen LogP contribution in [0.2, 0.25) is 0 Å². The maximum Gasteiger partial charge on any atom is 0 e. The molecule has 0 spiro atoms. The average Bonchev–Trinajstić information content (AvgIpc) is 0. The van der Waals surface area contributed by atoms with Crippen LogP contribution < -0.4 is 0 Å². The van der Waals surface area contributed by atoms with E-state index >= 15 is 0 Å². The van der Waals surface area contributed by atoms with Crippen molar-refractivity contribution >= 4 is 33.8 Å². The van der Waals surface area contributed by atoms with Gasteiger partial charge in [0.15, 0.2) is 0 Å². The summed E-state index contributed by atoms with van der Waals surface area (Å²) in [4.78, 5) is 0. The Morgan fingerprint density at radius 3 is 1.00 bits per heavy atom. The SMILES string of the molecule is P.[Cu].[Fe].[SnH].[Zn]. The molecule has 0 aliphatic rings. The van der Waals surface area contributed by atoms with Crippen molar-refractivity contribution in [3.63, 3.8) is 0 Å². The van der Waals surface area contributed by atoms with Gasteiger partial charge >= 0.3 is 23.9 Å². The molecule has 0 fully saturated rings. The molecule has 1 atom stereocenters. The third kappa shape index (κ3) is 19.7. The predicted molar refractivity (Wildman–Crippen MR) is 18.3 cm³/mol. The zero-order valence-corrected chi connectivity index (χ0v) is 12.4. The molecule has 0 aliphatic heterocycles. The molecule has 0 bridgehead atoms. The maximum absolute atomic E-state index is 0. The van der Waals surface area contributed by atoms with Crippen LogP contribution in [0.15, 0.2) is 0 Å². The van der Waals surface area contributed by atoms with Crippen LogP contribution in [0, 0.1) is 0 Å². The van der Waals surface area contributed by atoms with Crippen molar-refractivity contribution in [2.24, 2.45) is 0 Å². The molecule has 0 heterocycles. The van der Waals surface area contributed by atoms with E-state index in [1.807, 2.05) is 0 Å². The summed E-state index contributed by atoms with van der Waals surface area (Å²) in [6.45, 7) is 0. The monoisotopic (exact) mass is 338 g/mol. The minimum atomic E-state index is 0. The van der Waals surface area contributed by atoms with E-state index in [1.54, 1.807) is 0 Å². The Balaban J connectivity index is 0. The standard InChI is InChI=1S/Cu.Fe.H3P.Sn.Zn.H/h;;1H3;;;. The summed E-state index contributed by atoms with van der Waals surface area (Å²) in [6.07, 6.45) is 0. The fourth-order valence-corrected chi connectivity index (χ4v) is 0. The van der Waals surface area contributed by atoms with Gasteiger partial charge in [0.05, 0.1) is 0 Å². The third-order valence-electron chi connectivity index (χ3n) is 0. The molecule has 0 saturated heterocycles. The van der Waals surface area contributed by atoms with E-state index in [9.17, 15) is 0 Å². The van der Waals surface area contributed by atoms with E-state index in [0.29, 0.717) is 0 Å². The fourth-order valence-electron chi connectivity index (χ4n) is 0. The van der Waals surface area contributed by atoms with E-state index in [-0.39, 0.29) is 87.4 Å². The summed E-state index contributed by atoms with van der Waals surface area (Å²) in [5, 5.41) is 0. The molecule has 0 saturated carbocycles. The zero-order chi connectivity index (χ0) is 0. The molecule has 0 nitrogen and oxygen atoms in total. The molecule has 0 amide bonds. The molecule has 34 valence electrons. The van der Waals surface area contributed by atoms with Crippen molar-refractivity contribution in [1.29, 1.82) is 0 Å². The Kier molecular flexibility index (Phi) is 257. The van der Waals surface area contributed by atoms with Crippen molar-refractivity contribution in [2.45, 2.75) is 0 Å². The molecule has 0 rings (SSSR count). The van der Waals surface area contributed by atoms with Crippen molar-refractivity contribution in [3.05, 3.63) is 0 Å². The molecule has 0 aromatic carbocycles. The van der Waals surface area contributed by atoms with Gasteiger partial charge < -0.3 is 0 Å². The van der Waals surface area contributed by atoms with Crippen LogP contribution in [0.5, 0.6) is 0 Å². The molecule has 4 radical (unpaired) electrons. The minimum absolute atomic E-state index is 0. The van der Waals surface area contributed by atoms with Gasteiger partial charge in [-0.1, -0.05) is 0 Å². The molecule has 1 unspecified atom stereocenters. The van der Waals surface area contributed by atoms with Gasteiger partial charge in [0.1, 0.15) is 0 Å². The second-order valence-electron chi connectivity index (χ2n) is 0. The average molecular weight is 338 g/mol. The van der Waals surface area contributed by atoms with E-state index in [0.717, 1.165) is 0 Å². The third-order valence-corrected chi connectivity index (χ3v) is 0. The van der Waals surface area contributed by atoms with Crippen molar-refractivity contribution in [2.75, 3.05) is 0 Å². The summed E-state index contributed by atoms with van der Waals surface area (Å²) in [6, 6.07) is 0. The van der Waals surface area contributed by atoms with Gasteiger partial charge in [0.25, 0.3) is 0 Å². The molecule has 0 aromatic rings. The molecule has 0 N–H and O–H groups in total. The Morgan fingerprint density at radius 2 is 1.00 bits per heavy atom. The van der Waals surface area contributed by atoms with Crippen LogP contribution in [-0.4, -0.2) is 23.9 Å². The molecular formula is H4CuFePSnZn. The van der Waals surface area contributed by atoms with Gasteiger partial charge in [-0.05, 0) is 0 Å². The quantitative estimate of drug-likeness (QED) is 0.409. The molecule has 0 aliphatic carbocycles. The first-order chi connectivity index (χ1) is 0. The van der Waals surface area contributed by atoms with Crippen LogP contribution in [-0.2, 0) is 53.6 Å². The maximum atomic E-state index is 0. The van der Waals surface area contributed by atoms with E-state index in [2.05, 4.69) is 0 Å². The van der Waals surface area contributed by atoms with Crippen LogP contribution >= 0.6 is 9.90 Å². The summed E-state index contributed by atoms with van der Waals surface area (Å²) < 4.78 is 0. The van der Waals surface area contributed by atoms with Gasteiger partial charge in [0.2, 0.25) is 0 Å². The van der Waals surface area contributed by atoms with Gasteiger partial charge in [-0.3, -0.25) is 0 Å². The minimum Gasteiger partial charge on any atom is 0 e. The van der Waals surface area contributed by atoms with Gasteiger partial charge in [-0.25, -0.2) is 0 Å². The Hall–Kier alpha value is 2.89. The van der Waals surface area contributed by atoms with Crippen LogP contribution in [0.4, 0.5) is 0 Å². The Bertz CT molecular complexity index is 11.6. The molecule has 5 heteroatoms. The summed E-state index contributed by atoms with van der Waals surface area (Å²) >= 11 is 0. The Morgan fingerprint density at radius 1 is 1.00 bits per heavy atom. The van der Waals surface area contributed by atoms with E-state index < -0.39 is 0 Å². The topological polar surface area (TPSA) is 0 Å². The number of hydrogen-bond acceptors (Lipinski definition) is 0. The van der Waals surface area contributed by atoms with E-state index in [4.69, 9.17) is 0 Å². The number of rotatable bonds is 0. The molecule has 0 aromatic heterocycles. The van der Waals surface area contributed by atoms with Gasteiger partial charge in [-0.2, -0.15) is 9.90 Å². The normalized spacial score (nSPS) is 0. The van der Waals surface area contributed by atoms with Gasteiger partial charge in [-0.15, -0.1) is 0 Å². The predicted octanol–water partition coefficient (Wildman–Crippen LogP) is -0.598. The van der Waals surface area contributed by atoms with Crippen LogP contribution in [0.1, 0.15) is 0 Å². The summed E-state index contributed by atoms with van der Waals surface area (Å²) in [7, 11) is 0. The first-order valence-electron chi connectivity index (χ1n) is 0. The Labute approximate surface area is 86.3 Å². The first-order valence-corrected chi connectivity index (χ1v) is 0. The van der Waals surface area contributed by atoms with Crippen LogP contribution in [0.25, 0.3) is 0 Å². The van der Waals surface area contributed by atoms with Crippen molar-refractivity contribution < 1.29 is 53.6 Å². The smallest absolute Gasteiger partial charge is 0 e. The largest absolute Gasteiger partial charge is 0 e. The summed E-state index contributed by atoms with van der Waals surface area (Å²) in [5.41, 5.74) is 0. The molecular weight excluding hydrogens is 334 g/mol. The fraction of sp³-hybridized carbons (Fsp3) is 0. The molecule has 5 heavy (non-hydrogen) atoms. The first kappa shape index (κ1) is 44.8. The second-order valence-corrected chi connectivity index (χ2v) is 0. The second kappa shape index (κ2) is 28.6. The summed E-state index contributed by atoms with van der Waals surface area (Å²) in [5.74, 6) is 0.